The molecule has 1 aliphatic rings. The van der Waals surface area contributed by atoms with Crippen molar-refractivity contribution in [3.8, 4) is 11.6 Å². The summed E-state index contributed by atoms with van der Waals surface area (Å²) in [5.41, 5.74) is 1.71. The number of halogens is 1. The molecule has 6 heteroatoms. The summed E-state index contributed by atoms with van der Waals surface area (Å²) in [6.07, 6.45) is 0.916. The molecule has 0 unspecified atom stereocenters. The standard InChI is InChI=1S/C15H14FN3O2/c1-19-12-3-2-11(16)6-10(12)7-13(19)15-17-14(18-21-15)9-4-5-20-8-9/h2-3,6-7,9H,4-5,8H2,1H3/t9-/m0/s1. The van der Waals surface area contributed by atoms with Crippen molar-refractivity contribution in [3.05, 3.63) is 35.9 Å². The van der Waals surface area contributed by atoms with E-state index >= 15 is 0 Å². The summed E-state index contributed by atoms with van der Waals surface area (Å²) in [5, 5.41) is 4.87. The molecule has 3 aromatic rings. The summed E-state index contributed by atoms with van der Waals surface area (Å²) in [6, 6.07) is 6.55. The molecule has 1 fully saturated rings. The molecule has 1 aliphatic heterocycles. The Labute approximate surface area is 120 Å². The first-order chi connectivity index (χ1) is 10.2. The lowest BCUT2D eigenvalue weighted by molar-refractivity contribution is 0.192. The maximum atomic E-state index is 13.3. The zero-order valence-electron chi connectivity index (χ0n) is 11.5. The molecule has 5 nitrogen and oxygen atoms in total. The average molecular weight is 287 g/mol. The first kappa shape index (κ1) is 12.5. The van der Waals surface area contributed by atoms with Crippen LogP contribution in [0, 0.1) is 5.82 Å². The van der Waals surface area contributed by atoms with Crippen molar-refractivity contribution in [1.29, 1.82) is 0 Å². The van der Waals surface area contributed by atoms with Crippen molar-refractivity contribution in [2.45, 2.75) is 12.3 Å². The first-order valence-corrected chi connectivity index (χ1v) is 6.89. The Bertz CT molecular complexity index is 802. The minimum absolute atomic E-state index is 0.203. The highest BCUT2D eigenvalue weighted by Crippen LogP contribution is 2.29. The van der Waals surface area contributed by atoms with Gasteiger partial charge in [-0.15, -0.1) is 0 Å². The van der Waals surface area contributed by atoms with Gasteiger partial charge in [-0.1, -0.05) is 5.16 Å². The van der Waals surface area contributed by atoms with Gasteiger partial charge in [-0.05, 0) is 30.7 Å². The van der Waals surface area contributed by atoms with Gasteiger partial charge >= 0.3 is 0 Å². The van der Waals surface area contributed by atoms with E-state index in [0.717, 1.165) is 29.6 Å². The number of hydrogen-bond donors (Lipinski definition) is 0. The smallest absolute Gasteiger partial charge is 0.274 e. The van der Waals surface area contributed by atoms with Crippen LogP contribution in [0.2, 0.25) is 0 Å². The van der Waals surface area contributed by atoms with Crippen LogP contribution in [0.25, 0.3) is 22.5 Å². The number of aromatic nitrogens is 3. The summed E-state index contributed by atoms with van der Waals surface area (Å²) >= 11 is 0. The molecule has 4 rings (SSSR count). The molecule has 0 radical (unpaired) electrons. The Kier molecular flexibility index (Phi) is 2.78. The maximum absolute atomic E-state index is 13.3. The molecule has 2 aromatic heterocycles. The van der Waals surface area contributed by atoms with Crippen molar-refractivity contribution < 1.29 is 13.7 Å². The van der Waals surface area contributed by atoms with Crippen molar-refractivity contribution in [1.82, 2.24) is 14.7 Å². The van der Waals surface area contributed by atoms with Crippen LogP contribution in [0.4, 0.5) is 4.39 Å². The quantitative estimate of drug-likeness (QED) is 0.727. The molecular formula is C15H14FN3O2. The molecule has 1 aromatic carbocycles. The lowest BCUT2D eigenvalue weighted by Crippen LogP contribution is -2.00. The van der Waals surface area contributed by atoms with Crippen LogP contribution >= 0.6 is 0 Å². The molecular weight excluding hydrogens is 273 g/mol. The highest BCUT2D eigenvalue weighted by Gasteiger charge is 2.24. The van der Waals surface area contributed by atoms with Crippen LogP contribution < -0.4 is 0 Å². The van der Waals surface area contributed by atoms with E-state index in [1.54, 1.807) is 6.07 Å². The third-order valence-electron chi connectivity index (χ3n) is 3.96. The SMILES string of the molecule is Cn1c(-c2nc([C@H]3CCOC3)no2)cc2cc(F)ccc21. The van der Waals surface area contributed by atoms with Crippen LogP contribution in [-0.4, -0.2) is 27.9 Å². The molecule has 21 heavy (non-hydrogen) atoms. The molecule has 0 amide bonds. The molecule has 1 saturated heterocycles. The third kappa shape index (κ3) is 2.03. The molecule has 0 saturated carbocycles. The fraction of sp³-hybridized carbons (Fsp3) is 0.333. The van der Waals surface area contributed by atoms with Gasteiger partial charge in [-0.25, -0.2) is 4.39 Å². The van der Waals surface area contributed by atoms with Crippen molar-refractivity contribution >= 4 is 10.9 Å². The van der Waals surface area contributed by atoms with Gasteiger partial charge in [-0.2, -0.15) is 4.98 Å². The zero-order valence-corrected chi connectivity index (χ0v) is 11.5. The van der Waals surface area contributed by atoms with Crippen LogP contribution in [0.15, 0.2) is 28.8 Å². The van der Waals surface area contributed by atoms with Crippen LogP contribution in [0.1, 0.15) is 18.2 Å². The summed E-state index contributed by atoms with van der Waals surface area (Å²) in [4.78, 5) is 4.47. The zero-order chi connectivity index (χ0) is 14.4. The van der Waals surface area contributed by atoms with E-state index < -0.39 is 0 Å². The van der Waals surface area contributed by atoms with Crippen molar-refractivity contribution in [2.24, 2.45) is 7.05 Å². The third-order valence-corrected chi connectivity index (χ3v) is 3.96. The number of ether oxygens (including phenoxy) is 1. The Morgan fingerprint density at radius 1 is 1.33 bits per heavy atom. The summed E-state index contributed by atoms with van der Waals surface area (Å²) in [7, 11) is 1.90. The second-order valence-corrected chi connectivity index (χ2v) is 5.31. The van der Waals surface area contributed by atoms with Gasteiger partial charge in [0.2, 0.25) is 0 Å². The normalized spacial score (nSPS) is 18.7. The molecule has 1 atom stereocenters. The Balaban J connectivity index is 1.77. The van der Waals surface area contributed by atoms with Crippen molar-refractivity contribution in [2.75, 3.05) is 13.2 Å². The van der Waals surface area contributed by atoms with E-state index in [1.807, 2.05) is 17.7 Å². The number of nitrogens with zero attached hydrogens (tertiary/aromatic N) is 3. The summed E-state index contributed by atoms with van der Waals surface area (Å²) < 4.78 is 26.0. The average Bonchev–Trinajstić information content (AvgIpc) is 3.17. The van der Waals surface area contributed by atoms with Gasteiger partial charge in [0.1, 0.15) is 11.5 Å². The van der Waals surface area contributed by atoms with E-state index in [1.165, 1.54) is 12.1 Å². The first-order valence-electron chi connectivity index (χ1n) is 6.89. The Morgan fingerprint density at radius 2 is 2.24 bits per heavy atom. The predicted molar refractivity (Wildman–Crippen MR) is 74.3 cm³/mol. The minimum Gasteiger partial charge on any atom is -0.381 e. The van der Waals surface area contributed by atoms with Gasteiger partial charge in [0.25, 0.3) is 5.89 Å². The van der Waals surface area contributed by atoms with Crippen LogP contribution in [0.3, 0.4) is 0 Å². The molecule has 0 aliphatic carbocycles. The van der Waals surface area contributed by atoms with Gasteiger partial charge in [-0.3, -0.25) is 0 Å². The minimum atomic E-state index is -0.256. The molecule has 108 valence electrons. The highest BCUT2D eigenvalue weighted by molar-refractivity contribution is 5.85. The van der Waals surface area contributed by atoms with Gasteiger partial charge < -0.3 is 13.8 Å². The second kappa shape index (κ2) is 4.66. The number of fused-ring (bicyclic) bond motifs is 1. The monoisotopic (exact) mass is 287 g/mol. The number of aryl methyl sites for hydroxylation is 1. The topological polar surface area (TPSA) is 53.1 Å². The van der Waals surface area contributed by atoms with Gasteiger partial charge in [0.15, 0.2) is 5.82 Å². The molecule has 0 spiro atoms. The molecule has 0 N–H and O–H groups in total. The lowest BCUT2D eigenvalue weighted by atomic mass is 10.1. The van der Waals surface area contributed by atoms with E-state index in [9.17, 15) is 4.39 Å². The fourth-order valence-corrected chi connectivity index (χ4v) is 2.77. The summed E-state index contributed by atoms with van der Waals surface area (Å²) in [5.74, 6) is 1.08. The predicted octanol–water partition coefficient (Wildman–Crippen LogP) is 2.87. The van der Waals surface area contributed by atoms with Crippen LogP contribution in [-0.2, 0) is 11.8 Å². The Morgan fingerprint density at radius 3 is 3.05 bits per heavy atom. The van der Waals surface area contributed by atoms with Gasteiger partial charge in [0, 0.05) is 30.5 Å². The van der Waals surface area contributed by atoms with Crippen molar-refractivity contribution in [3.63, 3.8) is 0 Å². The fourth-order valence-electron chi connectivity index (χ4n) is 2.77. The van der Waals surface area contributed by atoms with E-state index in [2.05, 4.69) is 10.1 Å². The molecule has 0 bridgehead atoms. The van der Waals surface area contributed by atoms with Crippen LogP contribution in [0.5, 0.6) is 0 Å². The van der Waals surface area contributed by atoms with E-state index in [-0.39, 0.29) is 11.7 Å². The summed E-state index contributed by atoms with van der Waals surface area (Å²) in [6.45, 7) is 1.38. The largest absolute Gasteiger partial charge is 0.381 e. The van der Waals surface area contributed by atoms with E-state index in [4.69, 9.17) is 9.26 Å². The second-order valence-electron chi connectivity index (χ2n) is 5.31. The number of hydrogen-bond acceptors (Lipinski definition) is 4. The number of benzene rings is 1. The number of rotatable bonds is 2. The lowest BCUT2D eigenvalue weighted by Gasteiger charge is -1.99. The highest BCUT2D eigenvalue weighted by atomic mass is 19.1. The molecule has 3 heterocycles. The van der Waals surface area contributed by atoms with E-state index in [0.29, 0.717) is 18.3 Å². The Hall–Kier alpha value is -2.21. The van der Waals surface area contributed by atoms with Gasteiger partial charge in [0.05, 0.1) is 6.61 Å². The maximum Gasteiger partial charge on any atom is 0.274 e.